The topological polar surface area (TPSA) is 122 Å². The number of hydrogen-bond donors (Lipinski definition) is 3. The second kappa shape index (κ2) is 5.49. The standard InChI is InChI=1S/C11H13NO7/c13-5-8-9(14)10(15)11(19-8)18-7-4-2-1-3-6(7)12(16)17/h1-4,8-11,13-15H,5H2/t8-,9-,10-,11-/m1/s1. The van der Waals surface area contributed by atoms with Crippen molar-refractivity contribution in [2.75, 3.05) is 6.61 Å². The smallest absolute Gasteiger partial charge is 0.311 e. The van der Waals surface area contributed by atoms with Crippen LogP contribution in [0.15, 0.2) is 24.3 Å². The van der Waals surface area contributed by atoms with Crippen molar-refractivity contribution >= 4 is 5.69 Å². The first-order valence-corrected chi connectivity index (χ1v) is 5.57. The van der Waals surface area contributed by atoms with Gasteiger partial charge in [-0.3, -0.25) is 10.1 Å². The Morgan fingerprint density at radius 2 is 2.00 bits per heavy atom. The number of rotatable bonds is 4. The number of nitro groups is 1. The molecule has 0 aromatic heterocycles. The van der Waals surface area contributed by atoms with Gasteiger partial charge in [0.1, 0.15) is 18.3 Å². The average Bonchev–Trinajstić information content (AvgIpc) is 2.67. The maximum absolute atomic E-state index is 10.8. The van der Waals surface area contributed by atoms with Crippen LogP contribution in [0, 0.1) is 10.1 Å². The van der Waals surface area contributed by atoms with E-state index in [2.05, 4.69) is 0 Å². The highest BCUT2D eigenvalue weighted by atomic mass is 16.7. The van der Waals surface area contributed by atoms with Gasteiger partial charge in [0.05, 0.1) is 11.5 Å². The van der Waals surface area contributed by atoms with Gasteiger partial charge in [-0.05, 0) is 6.07 Å². The fourth-order valence-electron chi connectivity index (χ4n) is 1.80. The highest BCUT2D eigenvalue weighted by Gasteiger charge is 2.44. The SMILES string of the molecule is O=[N+]([O-])c1ccccc1O[C@@H]1O[C@H](CO)[C@@H](O)[C@H]1O. The van der Waals surface area contributed by atoms with Crippen molar-refractivity contribution in [3.05, 3.63) is 34.4 Å². The molecule has 1 aliphatic rings. The van der Waals surface area contributed by atoms with Gasteiger partial charge in [0.15, 0.2) is 5.75 Å². The Labute approximate surface area is 108 Å². The second-order valence-corrected chi connectivity index (χ2v) is 4.05. The zero-order valence-corrected chi connectivity index (χ0v) is 9.75. The van der Waals surface area contributed by atoms with E-state index in [1.807, 2.05) is 0 Å². The van der Waals surface area contributed by atoms with Crippen LogP contribution < -0.4 is 4.74 Å². The molecule has 19 heavy (non-hydrogen) atoms. The van der Waals surface area contributed by atoms with E-state index in [0.29, 0.717) is 0 Å². The Morgan fingerprint density at radius 1 is 1.32 bits per heavy atom. The van der Waals surface area contributed by atoms with E-state index in [9.17, 15) is 20.3 Å². The Bertz CT molecular complexity index is 466. The Kier molecular flexibility index (Phi) is 3.96. The molecule has 3 N–H and O–H groups in total. The molecule has 1 fully saturated rings. The number of ether oxygens (including phenoxy) is 2. The summed E-state index contributed by atoms with van der Waals surface area (Å²) in [5.74, 6) is -0.0812. The van der Waals surface area contributed by atoms with Crippen molar-refractivity contribution in [2.24, 2.45) is 0 Å². The summed E-state index contributed by atoms with van der Waals surface area (Å²) in [4.78, 5) is 10.2. The van der Waals surface area contributed by atoms with Gasteiger partial charge in [-0.15, -0.1) is 0 Å². The molecule has 0 bridgehead atoms. The number of nitro benzene ring substituents is 1. The van der Waals surface area contributed by atoms with Crippen LogP contribution in [0.25, 0.3) is 0 Å². The van der Waals surface area contributed by atoms with Crippen molar-refractivity contribution in [1.29, 1.82) is 0 Å². The molecule has 8 heteroatoms. The highest BCUT2D eigenvalue weighted by molar-refractivity contribution is 5.45. The maximum Gasteiger partial charge on any atom is 0.311 e. The summed E-state index contributed by atoms with van der Waals surface area (Å²) in [6, 6.07) is 5.61. The molecule has 1 aromatic carbocycles. The molecular weight excluding hydrogens is 258 g/mol. The number of aliphatic hydroxyl groups excluding tert-OH is 3. The quantitative estimate of drug-likeness (QED) is 0.494. The van der Waals surface area contributed by atoms with E-state index in [1.165, 1.54) is 24.3 Å². The van der Waals surface area contributed by atoms with Crippen LogP contribution in [0.3, 0.4) is 0 Å². The lowest BCUT2D eigenvalue weighted by Gasteiger charge is -2.16. The van der Waals surface area contributed by atoms with E-state index in [-0.39, 0.29) is 11.4 Å². The minimum Gasteiger partial charge on any atom is -0.455 e. The van der Waals surface area contributed by atoms with Gasteiger partial charge in [-0.2, -0.15) is 0 Å². The van der Waals surface area contributed by atoms with Crippen molar-refractivity contribution in [2.45, 2.75) is 24.6 Å². The lowest BCUT2D eigenvalue weighted by Crippen LogP contribution is -2.35. The molecule has 0 amide bonds. The third-order valence-electron chi connectivity index (χ3n) is 2.80. The van der Waals surface area contributed by atoms with E-state index in [1.54, 1.807) is 0 Å². The molecule has 1 aliphatic heterocycles. The fraction of sp³-hybridized carbons (Fsp3) is 0.455. The Balaban J connectivity index is 2.16. The summed E-state index contributed by atoms with van der Waals surface area (Å²) in [5.41, 5.74) is -0.278. The molecule has 1 aromatic rings. The van der Waals surface area contributed by atoms with Crippen LogP contribution >= 0.6 is 0 Å². The van der Waals surface area contributed by atoms with Crippen LogP contribution in [-0.4, -0.2) is 51.5 Å². The normalized spacial score (nSPS) is 30.3. The molecule has 104 valence electrons. The summed E-state index contributed by atoms with van der Waals surface area (Å²) >= 11 is 0. The van der Waals surface area contributed by atoms with Gasteiger partial charge in [0.25, 0.3) is 0 Å². The lowest BCUT2D eigenvalue weighted by atomic mass is 10.1. The van der Waals surface area contributed by atoms with E-state index in [0.717, 1.165) is 0 Å². The molecule has 4 atom stereocenters. The van der Waals surface area contributed by atoms with Crippen molar-refractivity contribution < 1.29 is 29.7 Å². The van der Waals surface area contributed by atoms with Crippen LogP contribution in [0.5, 0.6) is 5.75 Å². The van der Waals surface area contributed by atoms with E-state index < -0.39 is 36.1 Å². The molecule has 0 spiro atoms. The van der Waals surface area contributed by atoms with Crippen LogP contribution in [0.4, 0.5) is 5.69 Å². The number of hydrogen-bond acceptors (Lipinski definition) is 7. The average molecular weight is 271 g/mol. The van der Waals surface area contributed by atoms with Crippen molar-refractivity contribution in [3.8, 4) is 5.75 Å². The minimum atomic E-state index is -1.39. The number of nitrogens with zero attached hydrogens (tertiary/aromatic N) is 1. The maximum atomic E-state index is 10.8. The first kappa shape index (κ1) is 13.7. The minimum absolute atomic E-state index is 0.0812. The Morgan fingerprint density at radius 3 is 2.58 bits per heavy atom. The van der Waals surface area contributed by atoms with Gasteiger partial charge < -0.3 is 24.8 Å². The third-order valence-corrected chi connectivity index (χ3v) is 2.80. The number of aliphatic hydroxyl groups is 3. The molecule has 0 radical (unpaired) electrons. The molecule has 8 nitrogen and oxygen atoms in total. The molecule has 0 aliphatic carbocycles. The highest BCUT2D eigenvalue weighted by Crippen LogP contribution is 2.30. The fourth-order valence-corrected chi connectivity index (χ4v) is 1.80. The van der Waals surface area contributed by atoms with Gasteiger partial charge in [-0.1, -0.05) is 12.1 Å². The zero-order chi connectivity index (χ0) is 14.0. The lowest BCUT2D eigenvalue weighted by molar-refractivity contribution is -0.386. The Hall–Kier alpha value is -1.74. The van der Waals surface area contributed by atoms with E-state index in [4.69, 9.17) is 14.6 Å². The van der Waals surface area contributed by atoms with Crippen molar-refractivity contribution in [3.63, 3.8) is 0 Å². The van der Waals surface area contributed by atoms with Gasteiger partial charge in [0, 0.05) is 6.07 Å². The molecule has 1 saturated heterocycles. The molecular formula is C11H13NO7. The molecule has 1 heterocycles. The third kappa shape index (κ3) is 2.66. The predicted molar refractivity (Wildman–Crippen MR) is 61.5 cm³/mol. The van der Waals surface area contributed by atoms with E-state index >= 15 is 0 Å². The zero-order valence-electron chi connectivity index (χ0n) is 9.75. The molecule has 0 unspecified atom stereocenters. The predicted octanol–water partition coefficient (Wildman–Crippen LogP) is -0.587. The summed E-state index contributed by atoms with van der Waals surface area (Å²) < 4.78 is 10.3. The summed E-state index contributed by atoms with van der Waals surface area (Å²) in [7, 11) is 0. The molecule has 2 rings (SSSR count). The first-order chi connectivity index (χ1) is 9.04. The summed E-state index contributed by atoms with van der Waals surface area (Å²) in [6.07, 6.45) is -4.95. The summed E-state index contributed by atoms with van der Waals surface area (Å²) in [6.45, 7) is -0.491. The number of para-hydroxylation sites is 2. The largest absolute Gasteiger partial charge is 0.455 e. The van der Waals surface area contributed by atoms with Gasteiger partial charge >= 0.3 is 5.69 Å². The molecule has 0 saturated carbocycles. The van der Waals surface area contributed by atoms with Crippen molar-refractivity contribution in [1.82, 2.24) is 0 Å². The summed E-state index contributed by atoms with van der Waals surface area (Å²) in [5, 5.41) is 38.9. The second-order valence-electron chi connectivity index (χ2n) is 4.05. The van der Waals surface area contributed by atoms with Gasteiger partial charge in [-0.25, -0.2) is 0 Å². The first-order valence-electron chi connectivity index (χ1n) is 5.57. The van der Waals surface area contributed by atoms with Crippen LogP contribution in [0.1, 0.15) is 0 Å². The van der Waals surface area contributed by atoms with Crippen LogP contribution in [0.2, 0.25) is 0 Å². The monoisotopic (exact) mass is 271 g/mol. The van der Waals surface area contributed by atoms with Crippen LogP contribution in [-0.2, 0) is 4.74 Å². The van der Waals surface area contributed by atoms with Gasteiger partial charge in [0.2, 0.25) is 6.29 Å². The number of benzene rings is 1.